The molecule has 3 N–H and O–H groups in total. The lowest BCUT2D eigenvalue weighted by atomic mass is 9.82. The van der Waals surface area contributed by atoms with Crippen LogP contribution in [-0.2, 0) is 4.79 Å². The lowest BCUT2D eigenvalue weighted by Gasteiger charge is -2.33. The van der Waals surface area contributed by atoms with E-state index in [0.29, 0.717) is 13.0 Å². The second kappa shape index (κ2) is 5.05. The van der Waals surface area contributed by atoms with E-state index in [2.05, 4.69) is 10.6 Å². The van der Waals surface area contributed by atoms with Crippen molar-refractivity contribution in [1.82, 2.24) is 10.6 Å². The molecule has 1 aliphatic rings. The quantitative estimate of drug-likeness (QED) is 0.649. The highest BCUT2D eigenvalue weighted by Crippen LogP contribution is 2.25. The fraction of sp³-hybridized carbons (Fsp3) is 0.900. The molecule has 0 aromatic heterocycles. The topological polar surface area (TPSA) is 61.4 Å². The van der Waals surface area contributed by atoms with Crippen LogP contribution in [0.5, 0.6) is 0 Å². The van der Waals surface area contributed by atoms with E-state index in [1.807, 2.05) is 0 Å². The zero-order chi connectivity index (χ0) is 12.2. The molecule has 94 valence electrons. The summed E-state index contributed by atoms with van der Waals surface area (Å²) in [5.74, 6) is -3.62. The first-order chi connectivity index (χ1) is 7.40. The number of aliphatic hydroxyl groups is 1. The summed E-state index contributed by atoms with van der Waals surface area (Å²) in [4.78, 5) is 11.7. The number of halogens is 2. The third-order valence-electron chi connectivity index (χ3n) is 2.88. The molecule has 1 rings (SSSR count). The maximum atomic E-state index is 12.7. The molecule has 1 saturated heterocycles. The van der Waals surface area contributed by atoms with E-state index in [0.717, 1.165) is 13.0 Å². The Morgan fingerprint density at radius 1 is 1.62 bits per heavy atom. The second-order valence-corrected chi connectivity index (χ2v) is 4.54. The van der Waals surface area contributed by atoms with E-state index < -0.39 is 24.5 Å². The van der Waals surface area contributed by atoms with Gasteiger partial charge in [0.05, 0.1) is 12.0 Å². The first-order valence-electron chi connectivity index (χ1n) is 5.37. The SMILES string of the molecule is CC1(C(=O)NCC(F)(F)CO)CCCNC1. The molecule has 16 heavy (non-hydrogen) atoms. The predicted octanol–water partition coefficient (Wildman–Crippen LogP) is 0.120. The summed E-state index contributed by atoms with van der Waals surface area (Å²) in [6, 6.07) is 0. The number of hydrogen-bond acceptors (Lipinski definition) is 3. The molecule has 0 aliphatic carbocycles. The van der Waals surface area contributed by atoms with Crippen molar-refractivity contribution in [3.63, 3.8) is 0 Å². The van der Waals surface area contributed by atoms with Crippen LogP contribution in [-0.4, -0.2) is 43.2 Å². The Bertz CT molecular complexity index is 253. The zero-order valence-corrected chi connectivity index (χ0v) is 9.35. The molecule has 0 aromatic carbocycles. The molecule has 0 radical (unpaired) electrons. The summed E-state index contributed by atoms with van der Waals surface area (Å²) >= 11 is 0. The van der Waals surface area contributed by atoms with Crippen molar-refractivity contribution in [3.05, 3.63) is 0 Å². The van der Waals surface area contributed by atoms with Crippen LogP contribution in [0.25, 0.3) is 0 Å². The van der Waals surface area contributed by atoms with Gasteiger partial charge in [0.2, 0.25) is 5.91 Å². The van der Waals surface area contributed by atoms with E-state index in [-0.39, 0.29) is 5.91 Å². The van der Waals surface area contributed by atoms with E-state index in [4.69, 9.17) is 5.11 Å². The molecular weight excluding hydrogens is 218 g/mol. The summed E-state index contributed by atoms with van der Waals surface area (Å²) < 4.78 is 25.4. The van der Waals surface area contributed by atoms with Crippen molar-refractivity contribution in [3.8, 4) is 0 Å². The standard InChI is InChI=1S/C10H18F2N2O2/c1-9(3-2-4-13-5-9)8(16)14-6-10(11,12)7-15/h13,15H,2-7H2,1H3,(H,14,16). The molecule has 4 nitrogen and oxygen atoms in total. The molecule has 6 heteroatoms. The van der Waals surface area contributed by atoms with Gasteiger partial charge >= 0.3 is 0 Å². The van der Waals surface area contributed by atoms with Crippen LogP contribution in [0, 0.1) is 5.41 Å². The average molecular weight is 236 g/mol. The van der Waals surface area contributed by atoms with Gasteiger partial charge in [0.25, 0.3) is 5.92 Å². The average Bonchev–Trinajstić information content (AvgIpc) is 2.27. The largest absolute Gasteiger partial charge is 0.390 e. The Labute approximate surface area is 93.4 Å². The molecule has 1 amide bonds. The summed E-state index contributed by atoms with van der Waals surface area (Å²) in [7, 11) is 0. The molecule has 0 bridgehead atoms. The molecule has 0 spiro atoms. The van der Waals surface area contributed by atoms with E-state index in [9.17, 15) is 13.6 Å². The smallest absolute Gasteiger partial charge is 0.287 e. The van der Waals surface area contributed by atoms with Crippen molar-refractivity contribution in [2.24, 2.45) is 5.41 Å². The third kappa shape index (κ3) is 3.38. The first-order valence-corrected chi connectivity index (χ1v) is 5.37. The minimum absolute atomic E-state index is 0.382. The third-order valence-corrected chi connectivity index (χ3v) is 2.88. The van der Waals surface area contributed by atoms with Crippen molar-refractivity contribution < 1.29 is 18.7 Å². The minimum atomic E-state index is -3.24. The molecule has 1 heterocycles. The maximum Gasteiger partial charge on any atom is 0.287 e. The van der Waals surface area contributed by atoms with Gasteiger partial charge in [-0.3, -0.25) is 4.79 Å². The van der Waals surface area contributed by atoms with Gasteiger partial charge in [0.1, 0.15) is 6.61 Å². The van der Waals surface area contributed by atoms with Crippen LogP contribution < -0.4 is 10.6 Å². The Morgan fingerprint density at radius 2 is 2.31 bits per heavy atom. The van der Waals surface area contributed by atoms with E-state index in [1.54, 1.807) is 6.92 Å². The lowest BCUT2D eigenvalue weighted by molar-refractivity contribution is -0.133. The summed E-state index contributed by atoms with van der Waals surface area (Å²) in [5.41, 5.74) is -0.621. The highest BCUT2D eigenvalue weighted by molar-refractivity contribution is 5.82. The first kappa shape index (κ1) is 13.3. The van der Waals surface area contributed by atoms with Crippen molar-refractivity contribution in [2.45, 2.75) is 25.7 Å². The highest BCUT2D eigenvalue weighted by Gasteiger charge is 2.36. The number of amides is 1. The van der Waals surface area contributed by atoms with Gasteiger partial charge < -0.3 is 15.7 Å². The number of carbonyl (C=O) groups excluding carboxylic acids is 1. The van der Waals surface area contributed by atoms with Crippen molar-refractivity contribution in [2.75, 3.05) is 26.2 Å². The minimum Gasteiger partial charge on any atom is -0.390 e. The van der Waals surface area contributed by atoms with Gasteiger partial charge in [-0.05, 0) is 26.3 Å². The summed E-state index contributed by atoms with van der Waals surface area (Å²) in [6.07, 6.45) is 1.55. The fourth-order valence-electron chi connectivity index (χ4n) is 1.73. The number of aliphatic hydroxyl groups excluding tert-OH is 1. The van der Waals surface area contributed by atoms with Crippen LogP contribution in [0.4, 0.5) is 8.78 Å². The highest BCUT2D eigenvalue weighted by atomic mass is 19.3. The zero-order valence-electron chi connectivity index (χ0n) is 9.35. The Hall–Kier alpha value is -0.750. The summed E-state index contributed by atoms with van der Waals surface area (Å²) in [6.45, 7) is 1.06. The molecule has 1 unspecified atom stereocenters. The van der Waals surface area contributed by atoms with Gasteiger partial charge in [-0.1, -0.05) is 0 Å². The lowest BCUT2D eigenvalue weighted by Crippen LogP contribution is -2.51. The van der Waals surface area contributed by atoms with Crippen LogP contribution in [0.3, 0.4) is 0 Å². The number of carbonyl (C=O) groups is 1. The Kier molecular flexibility index (Phi) is 4.21. The van der Waals surface area contributed by atoms with Crippen LogP contribution in [0.1, 0.15) is 19.8 Å². The Balaban J connectivity index is 2.45. The van der Waals surface area contributed by atoms with Crippen LogP contribution in [0.15, 0.2) is 0 Å². The summed E-state index contributed by atoms with van der Waals surface area (Å²) in [5, 5.41) is 13.6. The molecule has 1 aliphatic heterocycles. The van der Waals surface area contributed by atoms with Crippen LogP contribution in [0.2, 0.25) is 0 Å². The predicted molar refractivity (Wildman–Crippen MR) is 55.3 cm³/mol. The normalized spacial score (nSPS) is 26.5. The molecular formula is C10H18F2N2O2. The molecule has 0 aromatic rings. The van der Waals surface area contributed by atoms with Gasteiger partial charge in [-0.2, -0.15) is 0 Å². The monoisotopic (exact) mass is 236 g/mol. The van der Waals surface area contributed by atoms with Gasteiger partial charge in [0.15, 0.2) is 0 Å². The molecule has 1 fully saturated rings. The fourth-order valence-corrected chi connectivity index (χ4v) is 1.73. The van der Waals surface area contributed by atoms with Gasteiger partial charge in [0, 0.05) is 6.54 Å². The number of alkyl halides is 2. The number of rotatable bonds is 4. The second-order valence-electron chi connectivity index (χ2n) is 4.54. The molecule has 1 atom stereocenters. The van der Waals surface area contributed by atoms with Gasteiger partial charge in [-0.25, -0.2) is 8.78 Å². The maximum absolute atomic E-state index is 12.7. The van der Waals surface area contributed by atoms with Gasteiger partial charge in [-0.15, -0.1) is 0 Å². The van der Waals surface area contributed by atoms with Crippen molar-refractivity contribution >= 4 is 5.91 Å². The number of piperidine rings is 1. The van der Waals surface area contributed by atoms with E-state index >= 15 is 0 Å². The number of hydrogen-bond donors (Lipinski definition) is 3. The number of nitrogens with one attached hydrogen (secondary N) is 2. The molecule has 0 saturated carbocycles. The van der Waals surface area contributed by atoms with E-state index in [1.165, 1.54) is 0 Å². The van der Waals surface area contributed by atoms with Crippen molar-refractivity contribution in [1.29, 1.82) is 0 Å². The van der Waals surface area contributed by atoms with Crippen LogP contribution >= 0.6 is 0 Å². The Morgan fingerprint density at radius 3 is 2.81 bits per heavy atom.